The predicted molar refractivity (Wildman–Crippen MR) is 77.6 cm³/mol. The monoisotopic (exact) mass is 309 g/mol. The summed E-state index contributed by atoms with van der Waals surface area (Å²) < 4.78 is 1.73. The van der Waals surface area contributed by atoms with Gasteiger partial charge >= 0.3 is 0 Å². The third-order valence-electron chi connectivity index (χ3n) is 2.50. The van der Waals surface area contributed by atoms with E-state index in [0.717, 1.165) is 0 Å². The summed E-state index contributed by atoms with van der Waals surface area (Å²) in [6.45, 7) is -0.165. The molecule has 0 radical (unpaired) electrons. The summed E-state index contributed by atoms with van der Waals surface area (Å²) in [6.07, 6.45) is 1.80. The molecule has 5 nitrogen and oxygen atoms in total. The number of rotatable bonds is 3. The second kappa shape index (κ2) is 6.49. The number of carbonyl (C=O) groups excluding carboxylic acids is 2. The molecule has 2 amide bonds. The molecule has 0 fully saturated rings. The Hall–Kier alpha value is -1.92. The van der Waals surface area contributed by atoms with Crippen molar-refractivity contribution in [2.24, 2.45) is 12.0 Å². The zero-order valence-corrected chi connectivity index (χ0v) is 12.2. The number of benzene rings is 1. The number of carbonyl (C=O) groups is 2. The summed E-state index contributed by atoms with van der Waals surface area (Å²) in [5.74, 6) is -0.807. The molecule has 0 aliphatic heterocycles. The summed E-state index contributed by atoms with van der Waals surface area (Å²) in [7, 11) is 1.80. The Labute approximate surface area is 124 Å². The first-order valence-electron chi connectivity index (χ1n) is 5.78. The third kappa shape index (κ3) is 3.55. The summed E-state index contributed by atoms with van der Waals surface area (Å²) in [5.41, 5.74) is 0.337. The maximum Gasteiger partial charge on any atom is 0.267 e. The van der Waals surface area contributed by atoms with Crippen LogP contribution < -0.4 is 10.1 Å². The van der Waals surface area contributed by atoms with Crippen LogP contribution in [0.3, 0.4) is 0 Å². The van der Waals surface area contributed by atoms with E-state index < -0.39 is 11.8 Å². The first kappa shape index (κ1) is 14.5. The Morgan fingerprint density at radius 2 is 2.15 bits per heavy atom. The van der Waals surface area contributed by atoms with E-state index in [1.807, 2.05) is 5.38 Å². The number of hydrogen-bond acceptors (Lipinski definition) is 3. The average molecular weight is 310 g/mol. The molecule has 2 aromatic rings. The molecule has 0 unspecified atom stereocenters. The minimum atomic E-state index is -0.413. The van der Waals surface area contributed by atoms with E-state index >= 15 is 0 Å². The first-order chi connectivity index (χ1) is 9.58. The maximum atomic E-state index is 11.8. The van der Waals surface area contributed by atoms with Crippen molar-refractivity contribution in [1.29, 1.82) is 0 Å². The van der Waals surface area contributed by atoms with Crippen LogP contribution in [0.25, 0.3) is 0 Å². The van der Waals surface area contributed by atoms with Crippen LogP contribution in [0.15, 0.2) is 40.8 Å². The molecule has 0 spiro atoms. The molecule has 0 saturated carbocycles. The van der Waals surface area contributed by atoms with Gasteiger partial charge in [-0.1, -0.05) is 23.7 Å². The van der Waals surface area contributed by atoms with Gasteiger partial charge in [-0.05, 0) is 12.1 Å². The number of aromatic nitrogens is 1. The minimum absolute atomic E-state index is 0.165. The summed E-state index contributed by atoms with van der Waals surface area (Å²) in [5, 5.41) is 4.67. The van der Waals surface area contributed by atoms with Crippen molar-refractivity contribution in [3.63, 3.8) is 0 Å². The van der Waals surface area contributed by atoms with Gasteiger partial charge in [0.2, 0.25) is 0 Å². The van der Waals surface area contributed by atoms with Gasteiger partial charge in [-0.15, -0.1) is 11.3 Å². The summed E-state index contributed by atoms with van der Waals surface area (Å²) in [4.78, 5) is 28.0. The molecule has 1 N–H and O–H groups in total. The zero-order valence-electron chi connectivity index (χ0n) is 10.7. The van der Waals surface area contributed by atoms with Gasteiger partial charge in [0.25, 0.3) is 11.8 Å². The smallest absolute Gasteiger partial charge is 0.267 e. The van der Waals surface area contributed by atoms with E-state index in [9.17, 15) is 9.59 Å². The highest BCUT2D eigenvalue weighted by Gasteiger charge is 2.10. The van der Waals surface area contributed by atoms with Crippen LogP contribution in [0, 0.1) is 0 Å². The molecule has 20 heavy (non-hydrogen) atoms. The van der Waals surface area contributed by atoms with Crippen LogP contribution in [0.1, 0.15) is 10.4 Å². The van der Waals surface area contributed by atoms with E-state index in [1.165, 1.54) is 11.3 Å². The van der Waals surface area contributed by atoms with E-state index in [-0.39, 0.29) is 6.54 Å². The second-order valence-electron chi connectivity index (χ2n) is 3.96. The van der Waals surface area contributed by atoms with Crippen molar-refractivity contribution in [3.8, 4) is 0 Å². The number of thiazole rings is 1. The molecule has 7 heteroatoms. The average Bonchev–Trinajstić information content (AvgIpc) is 2.82. The lowest BCUT2D eigenvalue weighted by molar-refractivity contribution is -0.117. The number of halogens is 1. The molecular formula is C13H12ClN3O2S. The van der Waals surface area contributed by atoms with Gasteiger partial charge < -0.3 is 9.88 Å². The van der Waals surface area contributed by atoms with Crippen molar-refractivity contribution in [2.45, 2.75) is 0 Å². The van der Waals surface area contributed by atoms with Gasteiger partial charge in [-0.2, -0.15) is 4.99 Å². The Morgan fingerprint density at radius 3 is 2.80 bits per heavy atom. The molecule has 2 rings (SSSR count). The highest BCUT2D eigenvalue weighted by Crippen LogP contribution is 2.14. The van der Waals surface area contributed by atoms with Gasteiger partial charge in [-0.3, -0.25) is 9.59 Å². The molecule has 0 aliphatic carbocycles. The van der Waals surface area contributed by atoms with Crippen molar-refractivity contribution < 1.29 is 9.59 Å². The Balaban J connectivity index is 2.00. The number of amides is 2. The number of aryl methyl sites for hydroxylation is 1. The minimum Gasteiger partial charge on any atom is -0.343 e. The molecule has 1 aromatic carbocycles. The Kier molecular flexibility index (Phi) is 4.70. The molecule has 1 heterocycles. The lowest BCUT2D eigenvalue weighted by Crippen LogP contribution is -2.30. The number of nitrogens with one attached hydrogen (secondary N) is 1. The number of hydrogen-bond donors (Lipinski definition) is 1. The van der Waals surface area contributed by atoms with Crippen LogP contribution in [-0.2, 0) is 11.8 Å². The summed E-state index contributed by atoms with van der Waals surface area (Å²) >= 11 is 7.25. The van der Waals surface area contributed by atoms with Crippen molar-refractivity contribution in [2.75, 3.05) is 6.54 Å². The fraction of sp³-hybridized carbons (Fsp3) is 0.154. The normalized spacial score (nSPS) is 11.4. The first-order valence-corrected chi connectivity index (χ1v) is 7.04. The molecule has 0 bridgehead atoms. The molecular weight excluding hydrogens is 298 g/mol. The Morgan fingerprint density at radius 1 is 1.40 bits per heavy atom. The fourth-order valence-corrected chi connectivity index (χ4v) is 2.45. The maximum absolute atomic E-state index is 11.8. The summed E-state index contributed by atoms with van der Waals surface area (Å²) in [6, 6.07) is 6.65. The second-order valence-corrected chi connectivity index (χ2v) is 5.24. The largest absolute Gasteiger partial charge is 0.343 e. The van der Waals surface area contributed by atoms with Crippen LogP contribution in [0.2, 0.25) is 5.02 Å². The van der Waals surface area contributed by atoms with Crippen LogP contribution in [-0.4, -0.2) is 22.9 Å². The lowest BCUT2D eigenvalue weighted by Gasteiger charge is -2.04. The number of nitrogens with zero attached hydrogens (tertiary/aromatic N) is 2. The highest BCUT2D eigenvalue weighted by atomic mass is 35.5. The fourth-order valence-electron chi connectivity index (χ4n) is 1.48. The molecule has 0 aliphatic rings. The van der Waals surface area contributed by atoms with Crippen molar-refractivity contribution >= 4 is 34.8 Å². The quantitative estimate of drug-likeness (QED) is 0.936. The van der Waals surface area contributed by atoms with E-state index in [2.05, 4.69) is 10.3 Å². The SMILES string of the molecule is Cn1ccsc1=NC(=O)CNC(=O)c1ccccc1Cl. The van der Waals surface area contributed by atoms with Gasteiger partial charge in [0.1, 0.15) is 0 Å². The highest BCUT2D eigenvalue weighted by molar-refractivity contribution is 7.07. The van der Waals surface area contributed by atoms with Gasteiger partial charge in [0, 0.05) is 18.6 Å². The van der Waals surface area contributed by atoms with Gasteiger partial charge in [-0.25, -0.2) is 0 Å². The lowest BCUT2D eigenvalue weighted by atomic mass is 10.2. The Bertz CT molecular complexity index is 705. The molecule has 0 atom stereocenters. The predicted octanol–water partition coefficient (Wildman–Crippen LogP) is 1.60. The van der Waals surface area contributed by atoms with Crippen LogP contribution in [0.4, 0.5) is 0 Å². The standard InChI is InChI=1S/C13H12ClN3O2S/c1-17-6-7-20-13(17)16-11(18)8-15-12(19)9-4-2-3-5-10(9)14/h2-7H,8H2,1H3,(H,15,19). The van der Waals surface area contributed by atoms with E-state index in [4.69, 9.17) is 11.6 Å². The molecule has 0 saturated heterocycles. The van der Waals surface area contributed by atoms with E-state index in [1.54, 1.807) is 42.1 Å². The van der Waals surface area contributed by atoms with Crippen molar-refractivity contribution in [3.05, 3.63) is 51.2 Å². The van der Waals surface area contributed by atoms with E-state index in [0.29, 0.717) is 15.4 Å². The topological polar surface area (TPSA) is 63.5 Å². The molecule has 104 valence electrons. The van der Waals surface area contributed by atoms with Crippen LogP contribution in [0.5, 0.6) is 0 Å². The van der Waals surface area contributed by atoms with Crippen LogP contribution >= 0.6 is 22.9 Å². The zero-order chi connectivity index (χ0) is 14.5. The molecule has 1 aromatic heterocycles. The van der Waals surface area contributed by atoms with Gasteiger partial charge in [0.05, 0.1) is 17.1 Å². The third-order valence-corrected chi connectivity index (χ3v) is 3.68. The van der Waals surface area contributed by atoms with Gasteiger partial charge in [0.15, 0.2) is 4.80 Å². The van der Waals surface area contributed by atoms with Crippen molar-refractivity contribution in [1.82, 2.24) is 9.88 Å².